The maximum Gasteiger partial charge on any atom is 0.165 e. The van der Waals surface area contributed by atoms with Crippen LogP contribution in [0.3, 0.4) is 0 Å². The fourth-order valence-electron chi connectivity index (χ4n) is 1.01. The van der Waals surface area contributed by atoms with Gasteiger partial charge in [-0.15, -0.1) is 11.3 Å². The Hall–Kier alpha value is -0.900. The fraction of sp³-hybridized carbons (Fsp3) is 0.500. The van der Waals surface area contributed by atoms with E-state index in [0.29, 0.717) is 5.92 Å². The van der Waals surface area contributed by atoms with Crippen LogP contribution in [0.5, 0.6) is 0 Å². The van der Waals surface area contributed by atoms with Gasteiger partial charge in [0.25, 0.3) is 0 Å². The lowest BCUT2D eigenvalue weighted by Gasteiger charge is -1.92. The molecule has 1 fully saturated rings. The van der Waals surface area contributed by atoms with Crippen LogP contribution in [-0.4, -0.2) is 10.8 Å². The van der Waals surface area contributed by atoms with Crippen LogP contribution < -0.4 is 5.73 Å². The molecule has 0 atom stereocenters. The van der Waals surface area contributed by atoms with E-state index in [9.17, 15) is 0 Å². The van der Waals surface area contributed by atoms with Crippen LogP contribution in [0.1, 0.15) is 17.8 Å². The molecule has 1 aromatic heterocycles. The summed E-state index contributed by atoms with van der Waals surface area (Å²) in [7, 11) is 0. The summed E-state index contributed by atoms with van der Waals surface area (Å²) >= 11 is 1.60. The predicted molar refractivity (Wildman–Crippen MR) is 50.9 cm³/mol. The second-order valence-electron chi connectivity index (χ2n) is 3.04. The van der Waals surface area contributed by atoms with Gasteiger partial charge in [0.1, 0.15) is 5.84 Å². The minimum Gasteiger partial charge on any atom is -0.387 e. The Kier molecular flexibility index (Phi) is 1.84. The zero-order valence-corrected chi connectivity index (χ0v) is 7.77. The van der Waals surface area contributed by atoms with E-state index in [2.05, 4.69) is 9.98 Å². The minimum atomic E-state index is 0.534. The van der Waals surface area contributed by atoms with Crippen molar-refractivity contribution in [2.45, 2.75) is 19.8 Å². The molecule has 1 aliphatic carbocycles. The predicted octanol–water partition coefficient (Wildman–Crippen LogP) is 1.85. The average Bonchev–Trinajstić information content (AvgIpc) is 2.78. The summed E-state index contributed by atoms with van der Waals surface area (Å²) in [5.74, 6) is 2.05. The summed E-state index contributed by atoms with van der Waals surface area (Å²) in [4.78, 5) is 8.45. The van der Waals surface area contributed by atoms with E-state index >= 15 is 0 Å². The number of nitrogens with two attached hydrogens (primary N) is 1. The molecule has 3 nitrogen and oxygen atoms in total. The second-order valence-corrected chi connectivity index (χ2v) is 4.10. The fourth-order valence-corrected chi connectivity index (χ4v) is 1.53. The van der Waals surface area contributed by atoms with Gasteiger partial charge in [-0.3, -0.25) is 0 Å². The number of amidine groups is 1. The maximum absolute atomic E-state index is 5.73. The van der Waals surface area contributed by atoms with E-state index in [1.165, 1.54) is 12.8 Å². The molecule has 0 saturated heterocycles. The van der Waals surface area contributed by atoms with Gasteiger partial charge in [-0.1, -0.05) is 0 Å². The van der Waals surface area contributed by atoms with Crippen molar-refractivity contribution in [2.24, 2.45) is 16.6 Å². The molecule has 1 heterocycles. The summed E-state index contributed by atoms with van der Waals surface area (Å²) in [6.45, 7) is 1.97. The van der Waals surface area contributed by atoms with E-state index in [-0.39, 0.29) is 0 Å². The minimum absolute atomic E-state index is 0.534. The van der Waals surface area contributed by atoms with Gasteiger partial charge in [0.05, 0.1) is 5.01 Å². The molecule has 0 amide bonds. The van der Waals surface area contributed by atoms with E-state index in [1.807, 2.05) is 12.3 Å². The number of aryl methyl sites for hydroxylation is 1. The molecule has 64 valence electrons. The second kappa shape index (κ2) is 2.86. The van der Waals surface area contributed by atoms with Crippen molar-refractivity contribution in [1.82, 2.24) is 4.98 Å². The summed E-state index contributed by atoms with van der Waals surface area (Å²) in [5.41, 5.74) is 5.73. The molecule has 0 spiro atoms. The lowest BCUT2D eigenvalue weighted by atomic mass is 10.4. The van der Waals surface area contributed by atoms with Crippen LogP contribution in [0.25, 0.3) is 0 Å². The molecular formula is C8H11N3S. The zero-order valence-electron chi connectivity index (χ0n) is 6.95. The largest absolute Gasteiger partial charge is 0.387 e. The standard InChI is InChI=1S/C8H11N3S/c1-5-10-7(4-12-5)11-8(9)6-2-3-6/h4,6H,2-3H2,1H3,(H2,9,11). The van der Waals surface area contributed by atoms with Crippen molar-refractivity contribution in [3.63, 3.8) is 0 Å². The first-order chi connectivity index (χ1) is 5.75. The molecule has 0 radical (unpaired) electrons. The van der Waals surface area contributed by atoms with Crippen molar-refractivity contribution in [1.29, 1.82) is 0 Å². The number of nitrogens with zero attached hydrogens (tertiary/aromatic N) is 2. The molecule has 0 aromatic carbocycles. The number of thiazole rings is 1. The first-order valence-electron chi connectivity index (χ1n) is 4.02. The molecule has 2 N–H and O–H groups in total. The van der Waals surface area contributed by atoms with Crippen molar-refractivity contribution in [3.05, 3.63) is 10.4 Å². The van der Waals surface area contributed by atoms with Crippen LogP contribution in [0.15, 0.2) is 10.4 Å². The summed E-state index contributed by atoms with van der Waals surface area (Å²) in [5, 5.41) is 2.97. The lowest BCUT2D eigenvalue weighted by Crippen LogP contribution is -2.12. The SMILES string of the molecule is Cc1nc(N=C(N)C2CC2)cs1. The van der Waals surface area contributed by atoms with Gasteiger partial charge < -0.3 is 5.73 Å². The normalized spacial score (nSPS) is 18.2. The van der Waals surface area contributed by atoms with Crippen molar-refractivity contribution in [3.8, 4) is 0 Å². The first-order valence-corrected chi connectivity index (χ1v) is 4.90. The van der Waals surface area contributed by atoms with E-state index in [1.54, 1.807) is 11.3 Å². The van der Waals surface area contributed by atoms with E-state index in [4.69, 9.17) is 5.73 Å². The Morgan fingerprint density at radius 1 is 1.75 bits per heavy atom. The van der Waals surface area contributed by atoms with Gasteiger partial charge in [-0.25, -0.2) is 9.98 Å². The highest BCUT2D eigenvalue weighted by Gasteiger charge is 2.25. The molecule has 1 saturated carbocycles. The van der Waals surface area contributed by atoms with Crippen LogP contribution in [-0.2, 0) is 0 Å². The molecule has 1 aromatic rings. The number of aromatic nitrogens is 1. The Bertz CT molecular complexity index is 312. The van der Waals surface area contributed by atoms with Gasteiger partial charge in [-0.05, 0) is 19.8 Å². The van der Waals surface area contributed by atoms with Gasteiger partial charge in [0, 0.05) is 11.3 Å². The van der Waals surface area contributed by atoms with Crippen molar-refractivity contribution < 1.29 is 0 Å². The van der Waals surface area contributed by atoms with E-state index < -0.39 is 0 Å². The highest BCUT2D eigenvalue weighted by Crippen LogP contribution is 2.30. The topological polar surface area (TPSA) is 51.3 Å². The highest BCUT2D eigenvalue weighted by molar-refractivity contribution is 7.09. The highest BCUT2D eigenvalue weighted by atomic mass is 32.1. The number of hydrogen-bond donors (Lipinski definition) is 1. The van der Waals surface area contributed by atoms with Gasteiger partial charge in [0.15, 0.2) is 5.82 Å². The van der Waals surface area contributed by atoms with Gasteiger partial charge >= 0.3 is 0 Å². The Morgan fingerprint density at radius 2 is 2.50 bits per heavy atom. The zero-order chi connectivity index (χ0) is 8.55. The summed E-state index contributed by atoms with van der Waals surface area (Å²) in [6, 6.07) is 0. The number of hydrogen-bond acceptors (Lipinski definition) is 3. The van der Waals surface area contributed by atoms with Crippen molar-refractivity contribution >= 4 is 23.0 Å². The first kappa shape index (κ1) is 7.73. The number of aliphatic imine (C=N–C) groups is 1. The molecule has 0 aliphatic heterocycles. The Labute approximate surface area is 75.3 Å². The van der Waals surface area contributed by atoms with Crippen LogP contribution >= 0.6 is 11.3 Å². The number of rotatable bonds is 2. The molecule has 0 unspecified atom stereocenters. The van der Waals surface area contributed by atoms with Crippen LogP contribution in [0.2, 0.25) is 0 Å². The monoisotopic (exact) mass is 181 g/mol. The van der Waals surface area contributed by atoms with E-state index in [0.717, 1.165) is 16.7 Å². The molecule has 2 rings (SSSR count). The summed E-state index contributed by atoms with van der Waals surface area (Å²) < 4.78 is 0. The van der Waals surface area contributed by atoms with Gasteiger partial charge in [-0.2, -0.15) is 0 Å². The quantitative estimate of drug-likeness (QED) is 0.559. The summed E-state index contributed by atoms with van der Waals surface area (Å²) in [6.07, 6.45) is 2.39. The smallest absolute Gasteiger partial charge is 0.165 e. The third-order valence-corrected chi connectivity index (χ3v) is 2.61. The molecule has 4 heteroatoms. The molecule has 12 heavy (non-hydrogen) atoms. The average molecular weight is 181 g/mol. The third kappa shape index (κ3) is 1.64. The van der Waals surface area contributed by atoms with Crippen LogP contribution in [0, 0.1) is 12.8 Å². The van der Waals surface area contributed by atoms with Crippen molar-refractivity contribution in [2.75, 3.05) is 0 Å². The lowest BCUT2D eigenvalue weighted by molar-refractivity contribution is 1.14. The Morgan fingerprint density at radius 3 is 3.00 bits per heavy atom. The molecular weight excluding hydrogens is 170 g/mol. The maximum atomic E-state index is 5.73. The third-order valence-electron chi connectivity index (χ3n) is 1.85. The molecule has 1 aliphatic rings. The Balaban J connectivity index is 2.15. The molecule has 0 bridgehead atoms. The van der Waals surface area contributed by atoms with Gasteiger partial charge in [0.2, 0.25) is 0 Å². The van der Waals surface area contributed by atoms with Crippen LogP contribution in [0.4, 0.5) is 5.82 Å².